The maximum atomic E-state index is 14.0. The lowest BCUT2D eigenvalue weighted by Gasteiger charge is -2.29. The highest BCUT2D eigenvalue weighted by Gasteiger charge is 2.30. The molecule has 7 rings (SSSR count). The lowest BCUT2D eigenvalue weighted by atomic mass is 9.95. The van der Waals surface area contributed by atoms with E-state index in [4.69, 9.17) is 9.72 Å². The molecule has 0 atom stereocenters. The van der Waals surface area contributed by atoms with Gasteiger partial charge in [-0.2, -0.15) is 0 Å². The molecule has 214 valence electrons. The van der Waals surface area contributed by atoms with Crippen molar-refractivity contribution in [2.24, 2.45) is 0 Å². The van der Waals surface area contributed by atoms with Gasteiger partial charge in [-0.25, -0.2) is 9.97 Å². The summed E-state index contributed by atoms with van der Waals surface area (Å²) in [6, 6.07) is 9.98. The topological polar surface area (TPSA) is 94.2 Å². The Morgan fingerprint density at radius 1 is 1.10 bits per heavy atom. The number of amides is 1. The molecule has 1 amide bonds. The smallest absolute Gasteiger partial charge is 0.259 e. The van der Waals surface area contributed by atoms with Crippen molar-refractivity contribution in [1.82, 2.24) is 34.2 Å². The number of ether oxygens (including phenoxy) is 1. The van der Waals surface area contributed by atoms with E-state index in [9.17, 15) is 4.79 Å². The number of hydrogen-bond donors (Lipinski definition) is 0. The first-order valence-electron chi connectivity index (χ1n) is 14.7. The van der Waals surface area contributed by atoms with Gasteiger partial charge in [-0.15, -0.1) is 10.2 Å². The van der Waals surface area contributed by atoms with Crippen molar-refractivity contribution in [3.8, 4) is 29.0 Å². The van der Waals surface area contributed by atoms with Crippen LogP contribution in [0.1, 0.15) is 65.8 Å². The second-order valence-corrected chi connectivity index (χ2v) is 11.4. The zero-order valence-electron chi connectivity index (χ0n) is 24.0. The van der Waals surface area contributed by atoms with Crippen molar-refractivity contribution in [2.75, 3.05) is 44.3 Å². The highest BCUT2D eigenvalue weighted by molar-refractivity contribution is 6.08. The van der Waals surface area contributed by atoms with Crippen LogP contribution >= 0.6 is 0 Å². The number of benzene rings is 1. The number of aromatic nitrogens is 6. The number of nitrogens with zero attached hydrogens (tertiary/aromatic N) is 8. The molecule has 1 aliphatic carbocycles. The van der Waals surface area contributed by atoms with Crippen LogP contribution in [0.5, 0.6) is 0 Å². The third kappa shape index (κ3) is 5.22. The van der Waals surface area contributed by atoms with Gasteiger partial charge in [0.2, 0.25) is 0 Å². The van der Waals surface area contributed by atoms with E-state index >= 15 is 0 Å². The Balaban J connectivity index is 1.22. The second kappa shape index (κ2) is 11.2. The molecule has 0 spiro atoms. The summed E-state index contributed by atoms with van der Waals surface area (Å²) in [5, 5.41) is 8.38. The molecule has 0 radical (unpaired) electrons. The Hall–Kier alpha value is -4.33. The molecule has 1 aromatic carbocycles. The molecular weight excluding hydrogens is 528 g/mol. The number of fused-ring (bicyclic) bond motifs is 1. The Bertz CT molecular complexity index is 1680. The minimum atomic E-state index is -0.0668. The average Bonchev–Trinajstić information content (AvgIpc) is 3.52. The zero-order valence-corrected chi connectivity index (χ0v) is 24.0. The maximum Gasteiger partial charge on any atom is 0.259 e. The highest BCUT2D eigenvalue weighted by atomic mass is 16.5. The minimum Gasteiger partial charge on any atom is -0.379 e. The first-order valence-corrected chi connectivity index (χ1v) is 14.7. The minimum absolute atomic E-state index is 0.0668. The van der Waals surface area contributed by atoms with Crippen LogP contribution in [0.25, 0.3) is 17.2 Å². The van der Waals surface area contributed by atoms with Crippen molar-refractivity contribution in [3.63, 3.8) is 0 Å². The van der Waals surface area contributed by atoms with E-state index in [1.807, 2.05) is 39.7 Å². The Kier molecular flexibility index (Phi) is 7.06. The quantitative estimate of drug-likeness (QED) is 0.329. The third-order valence-electron chi connectivity index (χ3n) is 8.18. The largest absolute Gasteiger partial charge is 0.379 e. The molecule has 0 bridgehead atoms. The van der Waals surface area contributed by atoms with Crippen LogP contribution in [0.3, 0.4) is 0 Å². The van der Waals surface area contributed by atoms with Crippen LogP contribution in [-0.2, 0) is 11.2 Å². The predicted molar refractivity (Wildman–Crippen MR) is 159 cm³/mol. The number of hydrogen-bond acceptors (Lipinski definition) is 7. The molecule has 5 heterocycles. The van der Waals surface area contributed by atoms with Gasteiger partial charge in [0.15, 0.2) is 5.82 Å². The fourth-order valence-electron chi connectivity index (χ4n) is 5.62. The van der Waals surface area contributed by atoms with E-state index in [2.05, 4.69) is 58.0 Å². The Labute approximate surface area is 245 Å². The van der Waals surface area contributed by atoms with Gasteiger partial charge in [-0.1, -0.05) is 17.9 Å². The highest BCUT2D eigenvalue weighted by Crippen LogP contribution is 2.39. The van der Waals surface area contributed by atoms with Crippen molar-refractivity contribution < 1.29 is 9.53 Å². The molecule has 10 nitrogen and oxygen atoms in total. The van der Waals surface area contributed by atoms with Gasteiger partial charge >= 0.3 is 0 Å². The van der Waals surface area contributed by atoms with Crippen LogP contribution in [0.15, 0.2) is 49.2 Å². The van der Waals surface area contributed by atoms with E-state index in [1.54, 1.807) is 11.2 Å². The molecule has 1 saturated carbocycles. The van der Waals surface area contributed by atoms with Crippen molar-refractivity contribution in [3.05, 3.63) is 71.6 Å². The lowest BCUT2D eigenvalue weighted by molar-refractivity contribution is 0.0443. The normalized spacial score (nSPS) is 17.3. The Morgan fingerprint density at radius 3 is 2.76 bits per heavy atom. The molecule has 0 N–H and O–H groups in total. The fraction of sp³-hybridized carbons (Fsp3) is 0.406. The third-order valence-corrected chi connectivity index (χ3v) is 8.18. The zero-order chi connectivity index (χ0) is 28.6. The van der Waals surface area contributed by atoms with Gasteiger partial charge in [0.25, 0.3) is 5.91 Å². The van der Waals surface area contributed by atoms with Gasteiger partial charge < -0.3 is 13.9 Å². The van der Waals surface area contributed by atoms with E-state index < -0.39 is 0 Å². The summed E-state index contributed by atoms with van der Waals surface area (Å²) in [6.07, 6.45) is 8.73. The number of imidazole rings is 1. The fourth-order valence-corrected chi connectivity index (χ4v) is 5.62. The first kappa shape index (κ1) is 26.6. The van der Waals surface area contributed by atoms with Crippen molar-refractivity contribution in [2.45, 2.75) is 45.1 Å². The maximum absolute atomic E-state index is 14.0. The average molecular weight is 563 g/mol. The molecular formula is C32H34N8O2. The van der Waals surface area contributed by atoms with Crippen molar-refractivity contribution in [1.29, 1.82) is 0 Å². The standard InChI is InChI=1S/C32H34N8O2/c1-22(2)40-21-34-36-31(40)27-6-3-7-30(35-27)39-12-10-24-17-25(5-4-11-37-13-15-42-16-14-37)29(18-26(24)32(39)41)38-19-28(33-20-38)23-8-9-23/h3,6-7,17-23H,8-16H2,1-2H3. The van der Waals surface area contributed by atoms with Crippen LogP contribution < -0.4 is 4.90 Å². The van der Waals surface area contributed by atoms with Gasteiger partial charge in [-0.05, 0) is 62.9 Å². The number of carbonyl (C=O) groups is 1. The summed E-state index contributed by atoms with van der Waals surface area (Å²) in [7, 11) is 0. The molecule has 1 saturated heterocycles. The van der Waals surface area contributed by atoms with Gasteiger partial charge in [0, 0.05) is 48.9 Å². The molecule has 42 heavy (non-hydrogen) atoms. The molecule has 3 aromatic heterocycles. The summed E-state index contributed by atoms with van der Waals surface area (Å²) in [5.41, 5.74) is 5.27. The summed E-state index contributed by atoms with van der Waals surface area (Å²) >= 11 is 0. The van der Waals surface area contributed by atoms with Crippen LogP contribution in [0.2, 0.25) is 0 Å². The molecule has 10 heteroatoms. The van der Waals surface area contributed by atoms with Crippen LogP contribution in [0, 0.1) is 11.8 Å². The van der Waals surface area contributed by atoms with E-state index in [1.165, 1.54) is 12.8 Å². The second-order valence-electron chi connectivity index (χ2n) is 11.4. The summed E-state index contributed by atoms with van der Waals surface area (Å²) in [4.78, 5) is 27.6. The summed E-state index contributed by atoms with van der Waals surface area (Å²) < 4.78 is 9.48. The number of morpholine rings is 1. The SMILES string of the molecule is CC(C)n1cnnc1-c1cccc(N2CCc3cc(C#CCN4CCOCC4)c(-n4cnc(C5CC5)c4)cc3C2=O)n1. The lowest BCUT2D eigenvalue weighted by Crippen LogP contribution is -2.38. The summed E-state index contributed by atoms with van der Waals surface area (Å²) in [5.74, 6) is 8.57. The van der Waals surface area contributed by atoms with Crippen LogP contribution in [-0.4, -0.2) is 79.5 Å². The van der Waals surface area contributed by atoms with Gasteiger partial charge in [0.05, 0.1) is 37.5 Å². The summed E-state index contributed by atoms with van der Waals surface area (Å²) in [6.45, 7) is 8.68. The first-order chi connectivity index (χ1) is 20.5. The number of pyridine rings is 1. The number of carbonyl (C=O) groups excluding carboxylic acids is 1. The number of rotatable bonds is 6. The van der Waals surface area contributed by atoms with Gasteiger partial charge in [-0.3, -0.25) is 14.6 Å². The molecule has 2 fully saturated rings. The van der Waals surface area contributed by atoms with E-state index in [0.29, 0.717) is 48.3 Å². The number of anilines is 1. The monoisotopic (exact) mass is 562 g/mol. The predicted octanol–water partition coefficient (Wildman–Crippen LogP) is 3.87. The molecule has 4 aromatic rings. The molecule has 3 aliphatic rings. The van der Waals surface area contributed by atoms with E-state index in [0.717, 1.165) is 48.8 Å². The van der Waals surface area contributed by atoms with Crippen molar-refractivity contribution >= 4 is 11.7 Å². The molecule has 0 unspecified atom stereocenters. The van der Waals surface area contributed by atoms with E-state index in [-0.39, 0.29) is 11.9 Å². The molecule has 2 aliphatic heterocycles. The van der Waals surface area contributed by atoms with Crippen LogP contribution in [0.4, 0.5) is 5.82 Å². The van der Waals surface area contributed by atoms with Gasteiger partial charge in [0.1, 0.15) is 17.8 Å². The Morgan fingerprint density at radius 2 is 1.95 bits per heavy atom.